The summed E-state index contributed by atoms with van der Waals surface area (Å²) in [5, 5.41) is 2.77. The average Bonchev–Trinajstić information content (AvgIpc) is 2.47. The van der Waals surface area contributed by atoms with Gasteiger partial charge in [-0.3, -0.25) is 9.59 Å². The smallest absolute Gasteiger partial charge is 0.254 e. The van der Waals surface area contributed by atoms with Gasteiger partial charge in [0.05, 0.1) is 18.8 Å². The zero-order chi connectivity index (χ0) is 15.5. The van der Waals surface area contributed by atoms with Gasteiger partial charge in [-0.2, -0.15) is 0 Å². The number of carbonyl (C=O) groups excluding carboxylic acids is 2. The van der Waals surface area contributed by atoms with Crippen molar-refractivity contribution in [2.45, 2.75) is 32.7 Å². The second-order valence-corrected chi connectivity index (χ2v) is 5.80. The van der Waals surface area contributed by atoms with Gasteiger partial charge in [-0.1, -0.05) is 6.92 Å². The van der Waals surface area contributed by atoms with Crippen molar-refractivity contribution in [2.75, 3.05) is 25.1 Å². The van der Waals surface area contributed by atoms with Crippen LogP contribution < -0.4 is 5.32 Å². The fraction of sp³-hybridized carbons (Fsp3) is 0.500. The maximum absolute atomic E-state index is 12.6. The van der Waals surface area contributed by atoms with Crippen LogP contribution in [0.4, 0.5) is 5.69 Å². The molecule has 1 aliphatic rings. The molecular weight excluding hydrogens is 268 g/mol. The summed E-state index contributed by atoms with van der Waals surface area (Å²) in [6, 6.07) is 7.01. The van der Waals surface area contributed by atoms with Crippen LogP contribution in [0.15, 0.2) is 24.3 Å². The summed E-state index contributed by atoms with van der Waals surface area (Å²) in [7, 11) is 0. The van der Waals surface area contributed by atoms with E-state index < -0.39 is 0 Å². The van der Waals surface area contributed by atoms with Crippen LogP contribution in [0.1, 0.15) is 37.6 Å². The Kier molecular flexibility index (Phi) is 4.63. The summed E-state index contributed by atoms with van der Waals surface area (Å²) in [5.41, 5.74) is 1.03. The lowest BCUT2D eigenvalue weighted by Gasteiger charge is -2.42. The number of hydrogen-bond donors (Lipinski definition) is 1. The first-order valence-corrected chi connectivity index (χ1v) is 7.23. The molecule has 2 rings (SSSR count). The Balaban J connectivity index is 2.11. The summed E-state index contributed by atoms with van der Waals surface area (Å²) in [6.07, 6.45) is 0.433. The highest BCUT2D eigenvalue weighted by atomic mass is 16.5. The minimum absolute atomic E-state index is 0.00309. The molecule has 114 valence electrons. The number of anilines is 1. The minimum Gasteiger partial charge on any atom is -0.377 e. The molecule has 0 aliphatic carbocycles. The van der Waals surface area contributed by atoms with Gasteiger partial charge in [0, 0.05) is 24.2 Å². The van der Waals surface area contributed by atoms with Crippen molar-refractivity contribution in [3.05, 3.63) is 29.8 Å². The molecule has 1 aromatic rings. The number of rotatable bonds is 3. The molecular formula is C16H22N2O3. The lowest BCUT2D eigenvalue weighted by atomic mass is 10.0. The predicted molar refractivity (Wildman–Crippen MR) is 81.3 cm³/mol. The molecule has 0 radical (unpaired) electrons. The average molecular weight is 290 g/mol. The Morgan fingerprint density at radius 3 is 2.52 bits per heavy atom. The SMILES string of the molecule is CCC(=O)Nc1ccc(C(=O)N2CCOCC2(C)C)cc1. The summed E-state index contributed by atoms with van der Waals surface area (Å²) < 4.78 is 5.43. The Hall–Kier alpha value is -1.88. The number of carbonyl (C=O) groups is 2. The fourth-order valence-corrected chi connectivity index (χ4v) is 2.34. The lowest BCUT2D eigenvalue weighted by molar-refractivity contribution is -0.115. The molecule has 0 aromatic heterocycles. The summed E-state index contributed by atoms with van der Waals surface area (Å²) >= 11 is 0. The number of nitrogens with zero attached hydrogens (tertiary/aromatic N) is 1. The topological polar surface area (TPSA) is 58.6 Å². The Morgan fingerprint density at radius 2 is 1.95 bits per heavy atom. The second-order valence-electron chi connectivity index (χ2n) is 5.80. The molecule has 5 nitrogen and oxygen atoms in total. The zero-order valence-corrected chi connectivity index (χ0v) is 12.8. The molecule has 5 heteroatoms. The van der Waals surface area contributed by atoms with Crippen LogP contribution in [-0.2, 0) is 9.53 Å². The summed E-state index contributed by atoms with van der Waals surface area (Å²) in [4.78, 5) is 25.8. The van der Waals surface area contributed by atoms with Crippen LogP contribution in [0.3, 0.4) is 0 Å². The van der Waals surface area contributed by atoms with E-state index in [1.54, 1.807) is 31.2 Å². The van der Waals surface area contributed by atoms with E-state index in [4.69, 9.17) is 4.74 Å². The number of benzene rings is 1. The van der Waals surface area contributed by atoms with Crippen molar-refractivity contribution >= 4 is 17.5 Å². The highest BCUT2D eigenvalue weighted by Gasteiger charge is 2.34. The fourth-order valence-electron chi connectivity index (χ4n) is 2.34. The predicted octanol–water partition coefficient (Wildman–Crippen LogP) is 2.29. The van der Waals surface area contributed by atoms with Gasteiger partial charge in [-0.05, 0) is 38.1 Å². The monoisotopic (exact) mass is 290 g/mol. The third-order valence-corrected chi connectivity index (χ3v) is 3.63. The molecule has 0 bridgehead atoms. The summed E-state index contributed by atoms with van der Waals surface area (Å²) in [6.45, 7) is 7.51. The van der Waals surface area contributed by atoms with Crippen LogP contribution in [0.2, 0.25) is 0 Å². The molecule has 0 unspecified atom stereocenters. The number of nitrogens with one attached hydrogen (secondary N) is 1. The summed E-state index contributed by atoms with van der Waals surface area (Å²) in [5.74, 6) is -0.0416. The molecule has 1 aromatic carbocycles. The third-order valence-electron chi connectivity index (χ3n) is 3.63. The van der Waals surface area contributed by atoms with Crippen LogP contribution in [0.5, 0.6) is 0 Å². The molecule has 0 atom stereocenters. The largest absolute Gasteiger partial charge is 0.377 e. The van der Waals surface area contributed by atoms with Crippen molar-refractivity contribution in [3.8, 4) is 0 Å². The van der Waals surface area contributed by atoms with E-state index in [2.05, 4.69) is 5.32 Å². The Bertz CT molecular complexity index is 523. The van der Waals surface area contributed by atoms with Gasteiger partial charge in [-0.25, -0.2) is 0 Å². The van der Waals surface area contributed by atoms with Crippen molar-refractivity contribution in [3.63, 3.8) is 0 Å². The molecule has 1 aliphatic heterocycles. The first kappa shape index (κ1) is 15.5. The minimum atomic E-state index is -0.301. The van der Waals surface area contributed by atoms with E-state index >= 15 is 0 Å². The van der Waals surface area contributed by atoms with Crippen molar-refractivity contribution in [1.82, 2.24) is 4.90 Å². The number of morpholine rings is 1. The second kappa shape index (κ2) is 6.26. The maximum Gasteiger partial charge on any atom is 0.254 e. The molecule has 1 fully saturated rings. The van der Waals surface area contributed by atoms with Gasteiger partial charge >= 0.3 is 0 Å². The number of amides is 2. The standard InChI is InChI=1S/C16H22N2O3/c1-4-14(19)17-13-7-5-12(6-8-13)15(20)18-9-10-21-11-16(18,2)3/h5-8H,4,9-11H2,1-3H3,(H,17,19). The molecule has 1 saturated heterocycles. The van der Waals surface area contributed by atoms with Gasteiger partial charge in [0.2, 0.25) is 5.91 Å². The molecule has 2 amide bonds. The molecule has 0 spiro atoms. The van der Waals surface area contributed by atoms with E-state index in [-0.39, 0.29) is 17.4 Å². The van der Waals surface area contributed by atoms with Crippen molar-refractivity contribution in [2.24, 2.45) is 0 Å². The van der Waals surface area contributed by atoms with Crippen LogP contribution in [0, 0.1) is 0 Å². The lowest BCUT2D eigenvalue weighted by Crippen LogP contribution is -2.55. The van der Waals surface area contributed by atoms with E-state index in [9.17, 15) is 9.59 Å². The van der Waals surface area contributed by atoms with Crippen LogP contribution in [0.25, 0.3) is 0 Å². The third kappa shape index (κ3) is 3.61. The molecule has 1 N–H and O–H groups in total. The Morgan fingerprint density at radius 1 is 1.29 bits per heavy atom. The van der Waals surface area contributed by atoms with Gasteiger partial charge in [0.15, 0.2) is 0 Å². The maximum atomic E-state index is 12.6. The Labute approximate surface area is 125 Å². The molecule has 0 saturated carbocycles. The van der Waals surface area contributed by atoms with Gasteiger partial charge < -0.3 is 15.0 Å². The normalized spacial score (nSPS) is 17.4. The van der Waals surface area contributed by atoms with Gasteiger partial charge in [0.25, 0.3) is 5.91 Å². The number of ether oxygens (including phenoxy) is 1. The van der Waals surface area contributed by atoms with E-state index in [1.165, 1.54) is 0 Å². The van der Waals surface area contributed by atoms with Crippen LogP contribution in [-0.4, -0.2) is 42.0 Å². The highest BCUT2D eigenvalue weighted by molar-refractivity contribution is 5.96. The first-order valence-electron chi connectivity index (χ1n) is 7.23. The van der Waals surface area contributed by atoms with E-state index in [0.717, 1.165) is 0 Å². The van der Waals surface area contributed by atoms with E-state index in [0.29, 0.717) is 37.4 Å². The van der Waals surface area contributed by atoms with Gasteiger partial charge in [-0.15, -0.1) is 0 Å². The molecule has 21 heavy (non-hydrogen) atoms. The first-order chi connectivity index (χ1) is 9.94. The van der Waals surface area contributed by atoms with Gasteiger partial charge in [0.1, 0.15) is 0 Å². The van der Waals surface area contributed by atoms with Crippen molar-refractivity contribution in [1.29, 1.82) is 0 Å². The number of hydrogen-bond acceptors (Lipinski definition) is 3. The van der Waals surface area contributed by atoms with E-state index in [1.807, 2.05) is 18.7 Å². The zero-order valence-electron chi connectivity index (χ0n) is 12.8. The highest BCUT2D eigenvalue weighted by Crippen LogP contribution is 2.22. The molecule has 1 heterocycles. The van der Waals surface area contributed by atoms with Crippen molar-refractivity contribution < 1.29 is 14.3 Å². The quantitative estimate of drug-likeness (QED) is 0.929. The van der Waals surface area contributed by atoms with Crippen LogP contribution >= 0.6 is 0 Å².